The molecule has 0 fully saturated rings. The minimum Gasteiger partial charge on any atom is -0.480 e. The van der Waals surface area contributed by atoms with E-state index in [2.05, 4.69) is 19.2 Å². The summed E-state index contributed by atoms with van der Waals surface area (Å²) in [6.45, 7) is 6.07. The van der Waals surface area contributed by atoms with Crippen LogP contribution in [0.15, 0.2) is 42.5 Å². The summed E-state index contributed by atoms with van der Waals surface area (Å²) in [5, 5.41) is 2.57. The number of nitrogens with one attached hydrogen (secondary N) is 1. The summed E-state index contributed by atoms with van der Waals surface area (Å²) in [6.07, 6.45) is 0.716. The van der Waals surface area contributed by atoms with Crippen LogP contribution in [0.1, 0.15) is 45.1 Å². The highest BCUT2D eigenvalue weighted by molar-refractivity contribution is 5.94. The lowest BCUT2D eigenvalue weighted by Crippen LogP contribution is -2.33. The quantitative estimate of drug-likeness (QED) is 0.715. The molecule has 0 radical (unpaired) electrons. The molecule has 4 nitrogen and oxygen atoms in total. The normalized spacial score (nSPS) is 13.1. The van der Waals surface area contributed by atoms with E-state index in [1.807, 2.05) is 31.2 Å². The van der Waals surface area contributed by atoms with Crippen LogP contribution in [-0.4, -0.2) is 12.0 Å². The fourth-order valence-corrected chi connectivity index (χ4v) is 2.54. The molecule has 0 bridgehead atoms. The molecule has 2 aromatic carbocycles. The molecule has 1 amide bonds. The van der Waals surface area contributed by atoms with Gasteiger partial charge in [-0.1, -0.05) is 39.0 Å². The van der Waals surface area contributed by atoms with E-state index in [9.17, 15) is 9.18 Å². The lowest BCUT2D eigenvalue weighted by Gasteiger charge is -2.21. The number of hydrogen-bond acceptors (Lipinski definition) is 3. The third-order valence-electron chi connectivity index (χ3n) is 4.24. The minimum absolute atomic E-state index is 0.0576. The first-order valence-electron chi connectivity index (χ1n) is 8.57. The van der Waals surface area contributed by atoms with E-state index >= 15 is 0 Å². The first kappa shape index (κ1) is 18.8. The van der Waals surface area contributed by atoms with Gasteiger partial charge >= 0.3 is 0 Å². The molecule has 0 heterocycles. The van der Waals surface area contributed by atoms with Gasteiger partial charge in [0.05, 0.1) is 5.69 Å². The molecule has 0 aromatic heterocycles. The molecule has 3 N–H and O–H groups in total. The smallest absolute Gasteiger partial charge is 0.265 e. The van der Waals surface area contributed by atoms with Crippen molar-refractivity contribution in [3.63, 3.8) is 0 Å². The Labute approximate surface area is 148 Å². The second-order valence-electron chi connectivity index (χ2n) is 6.09. The number of halogens is 1. The molecule has 0 saturated carbocycles. The first-order chi connectivity index (χ1) is 12.0. The lowest BCUT2D eigenvalue weighted by molar-refractivity contribution is -0.122. The average Bonchev–Trinajstić information content (AvgIpc) is 2.62. The zero-order chi connectivity index (χ0) is 18.4. The fourth-order valence-electron chi connectivity index (χ4n) is 2.54. The Morgan fingerprint density at radius 2 is 1.92 bits per heavy atom. The van der Waals surface area contributed by atoms with Crippen LogP contribution in [0.4, 0.5) is 15.8 Å². The molecular formula is C20H25FN2O2. The van der Waals surface area contributed by atoms with Crippen LogP contribution < -0.4 is 15.8 Å². The van der Waals surface area contributed by atoms with Gasteiger partial charge in [0.2, 0.25) is 0 Å². The summed E-state index contributed by atoms with van der Waals surface area (Å²) < 4.78 is 19.8. The van der Waals surface area contributed by atoms with Gasteiger partial charge in [-0.25, -0.2) is 4.39 Å². The van der Waals surface area contributed by atoms with E-state index in [1.165, 1.54) is 18.2 Å². The molecule has 0 spiro atoms. The number of nitrogen functional groups attached to an aromatic ring is 1. The van der Waals surface area contributed by atoms with Gasteiger partial charge in [0.15, 0.2) is 6.10 Å². The summed E-state index contributed by atoms with van der Waals surface area (Å²) in [4.78, 5) is 12.5. The van der Waals surface area contributed by atoms with Crippen LogP contribution in [0.25, 0.3) is 0 Å². The molecule has 0 aliphatic rings. The van der Waals surface area contributed by atoms with Crippen molar-refractivity contribution in [3.05, 3.63) is 53.8 Å². The van der Waals surface area contributed by atoms with Gasteiger partial charge in [-0.3, -0.25) is 4.79 Å². The molecule has 2 aromatic rings. The number of ether oxygens (including phenoxy) is 1. The Morgan fingerprint density at radius 3 is 2.60 bits per heavy atom. The van der Waals surface area contributed by atoms with E-state index in [4.69, 9.17) is 10.5 Å². The van der Waals surface area contributed by atoms with Crippen LogP contribution in [0.2, 0.25) is 0 Å². The number of amides is 1. The number of hydrogen-bond donors (Lipinski definition) is 2. The van der Waals surface area contributed by atoms with Gasteiger partial charge in [0.1, 0.15) is 11.6 Å². The SMILES string of the molecule is CCC(Oc1ccccc1C(C)CC)C(=O)Nc1cc(N)ccc1F. The molecule has 2 rings (SSSR count). The number of para-hydroxylation sites is 1. The number of rotatable bonds is 7. The van der Waals surface area contributed by atoms with Crippen LogP contribution >= 0.6 is 0 Å². The second kappa shape index (κ2) is 8.51. The number of carbonyl (C=O) groups is 1. The van der Waals surface area contributed by atoms with Gasteiger partial charge in [-0.15, -0.1) is 0 Å². The van der Waals surface area contributed by atoms with Crippen LogP contribution in [0.3, 0.4) is 0 Å². The fraction of sp³-hybridized carbons (Fsp3) is 0.350. The van der Waals surface area contributed by atoms with E-state index < -0.39 is 17.8 Å². The predicted molar refractivity (Wildman–Crippen MR) is 99.3 cm³/mol. The predicted octanol–water partition coefficient (Wildman–Crippen LogP) is 4.72. The van der Waals surface area contributed by atoms with Crippen molar-refractivity contribution in [3.8, 4) is 5.75 Å². The van der Waals surface area contributed by atoms with Crippen molar-refractivity contribution in [2.45, 2.75) is 45.6 Å². The van der Waals surface area contributed by atoms with Gasteiger partial charge in [-0.2, -0.15) is 0 Å². The molecule has 5 heteroatoms. The molecule has 0 aliphatic heterocycles. The number of carbonyl (C=O) groups excluding carboxylic acids is 1. The largest absolute Gasteiger partial charge is 0.480 e. The Bertz CT molecular complexity index is 733. The standard InChI is InChI=1S/C20H25FN2O2/c1-4-13(3)15-8-6-7-9-19(15)25-18(5-2)20(24)23-17-12-14(22)10-11-16(17)21/h6-13,18H,4-5,22H2,1-3H3,(H,23,24). The van der Waals surface area contributed by atoms with Gasteiger partial charge in [0, 0.05) is 5.69 Å². The highest BCUT2D eigenvalue weighted by Gasteiger charge is 2.21. The van der Waals surface area contributed by atoms with Crippen molar-refractivity contribution < 1.29 is 13.9 Å². The number of nitrogens with two attached hydrogens (primary N) is 1. The van der Waals surface area contributed by atoms with E-state index in [0.29, 0.717) is 23.8 Å². The zero-order valence-electron chi connectivity index (χ0n) is 14.9. The van der Waals surface area contributed by atoms with Crippen molar-refractivity contribution in [2.24, 2.45) is 0 Å². The Morgan fingerprint density at radius 1 is 1.20 bits per heavy atom. The number of anilines is 2. The van der Waals surface area contributed by atoms with E-state index in [1.54, 1.807) is 0 Å². The maximum absolute atomic E-state index is 13.8. The summed E-state index contributed by atoms with van der Waals surface area (Å²) in [6, 6.07) is 11.8. The highest BCUT2D eigenvalue weighted by Crippen LogP contribution is 2.29. The molecular weight excluding hydrogens is 319 g/mol. The highest BCUT2D eigenvalue weighted by atomic mass is 19.1. The maximum atomic E-state index is 13.8. The molecule has 25 heavy (non-hydrogen) atoms. The van der Waals surface area contributed by atoms with Gasteiger partial charge < -0.3 is 15.8 Å². The van der Waals surface area contributed by atoms with Crippen LogP contribution in [-0.2, 0) is 4.79 Å². The molecule has 0 saturated heterocycles. The Hall–Kier alpha value is -2.56. The third kappa shape index (κ3) is 4.72. The third-order valence-corrected chi connectivity index (χ3v) is 4.24. The van der Waals surface area contributed by atoms with Crippen LogP contribution in [0, 0.1) is 5.82 Å². The molecule has 134 valence electrons. The molecule has 2 atom stereocenters. The first-order valence-corrected chi connectivity index (χ1v) is 8.57. The summed E-state index contributed by atoms with van der Waals surface area (Å²) in [5.74, 6) is 0.0818. The lowest BCUT2D eigenvalue weighted by atomic mass is 9.98. The zero-order valence-corrected chi connectivity index (χ0v) is 14.9. The maximum Gasteiger partial charge on any atom is 0.265 e. The van der Waals surface area contributed by atoms with Gasteiger partial charge in [-0.05, 0) is 48.6 Å². The van der Waals surface area contributed by atoms with Crippen molar-refractivity contribution >= 4 is 17.3 Å². The monoisotopic (exact) mass is 344 g/mol. The van der Waals surface area contributed by atoms with Gasteiger partial charge in [0.25, 0.3) is 5.91 Å². The van der Waals surface area contributed by atoms with E-state index in [0.717, 1.165) is 12.0 Å². The van der Waals surface area contributed by atoms with E-state index in [-0.39, 0.29) is 5.69 Å². The molecule has 2 unspecified atom stereocenters. The topological polar surface area (TPSA) is 64.3 Å². The van der Waals surface area contributed by atoms with Crippen molar-refractivity contribution in [1.29, 1.82) is 0 Å². The Balaban J connectivity index is 2.17. The minimum atomic E-state index is -0.717. The summed E-state index contributed by atoms with van der Waals surface area (Å²) >= 11 is 0. The van der Waals surface area contributed by atoms with Crippen molar-refractivity contribution in [2.75, 3.05) is 11.1 Å². The second-order valence-corrected chi connectivity index (χ2v) is 6.09. The molecule has 0 aliphatic carbocycles. The summed E-state index contributed by atoms with van der Waals surface area (Å²) in [5.41, 5.74) is 7.16. The number of benzene rings is 2. The Kier molecular flexibility index (Phi) is 6.39. The average molecular weight is 344 g/mol. The van der Waals surface area contributed by atoms with Crippen LogP contribution in [0.5, 0.6) is 5.75 Å². The summed E-state index contributed by atoms with van der Waals surface area (Å²) in [7, 11) is 0. The van der Waals surface area contributed by atoms with Crippen molar-refractivity contribution in [1.82, 2.24) is 0 Å².